The number of hydrogen-bond donors (Lipinski definition) is 2. The van der Waals surface area contributed by atoms with Crippen molar-refractivity contribution in [1.82, 2.24) is 10.6 Å². The van der Waals surface area contributed by atoms with Crippen LogP contribution in [-0.4, -0.2) is 11.8 Å². The van der Waals surface area contributed by atoms with Gasteiger partial charge in [-0.25, -0.2) is 4.79 Å². The number of allylic oxidation sites excluding steroid dienone is 1. The van der Waals surface area contributed by atoms with Gasteiger partial charge in [0.15, 0.2) is 5.78 Å². The van der Waals surface area contributed by atoms with Crippen LogP contribution in [0, 0.1) is 0 Å². The van der Waals surface area contributed by atoms with E-state index in [-0.39, 0.29) is 11.8 Å². The molecule has 0 unspecified atom stereocenters. The topological polar surface area (TPSA) is 58.2 Å². The van der Waals surface area contributed by atoms with Gasteiger partial charge in [0.1, 0.15) is 0 Å². The summed E-state index contributed by atoms with van der Waals surface area (Å²) in [7, 11) is 0. The van der Waals surface area contributed by atoms with Crippen molar-refractivity contribution < 1.29 is 9.59 Å². The molecule has 2 aromatic rings. The van der Waals surface area contributed by atoms with Gasteiger partial charge in [0.25, 0.3) is 0 Å². The third-order valence-electron chi connectivity index (χ3n) is 3.84. The maximum absolute atomic E-state index is 13.0. The van der Waals surface area contributed by atoms with Crippen LogP contribution in [0.2, 0.25) is 10.0 Å². The lowest BCUT2D eigenvalue weighted by molar-refractivity contribution is 0.102. The van der Waals surface area contributed by atoms with E-state index in [1.165, 1.54) is 0 Å². The molecule has 6 heteroatoms. The Bertz CT molecular complexity index is 844. The molecule has 122 valence electrons. The molecular formula is C18H14Cl2N2O2. The first-order valence-electron chi connectivity index (χ1n) is 7.30. The minimum absolute atomic E-state index is 0.193. The van der Waals surface area contributed by atoms with Crippen LogP contribution in [-0.2, 0) is 0 Å². The first-order valence-corrected chi connectivity index (χ1v) is 8.06. The molecule has 2 aromatic carbocycles. The zero-order valence-electron chi connectivity index (χ0n) is 12.8. The molecule has 1 aliphatic heterocycles. The Morgan fingerprint density at radius 2 is 1.71 bits per heavy atom. The van der Waals surface area contributed by atoms with E-state index >= 15 is 0 Å². The molecule has 4 nitrogen and oxygen atoms in total. The Kier molecular flexibility index (Phi) is 4.60. The number of carbonyl (C=O) groups is 2. The van der Waals surface area contributed by atoms with E-state index in [9.17, 15) is 9.59 Å². The Morgan fingerprint density at radius 1 is 1.04 bits per heavy atom. The van der Waals surface area contributed by atoms with Crippen molar-refractivity contribution in [1.29, 1.82) is 0 Å². The third kappa shape index (κ3) is 3.16. The highest BCUT2D eigenvalue weighted by Crippen LogP contribution is 2.33. The van der Waals surface area contributed by atoms with Crippen molar-refractivity contribution in [3.05, 3.63) is 81.0 Å². The van der Waals surface area contributed by atoms with Gasteiger partial charge in [0.05, 0.1) is 6.04 Å². The minimum atomic E-state index is -0.615. The number of amides is 2. The van der Waals surface area contributed by atoms with E-state index < -0.39 is 6.04 Å². The van der Waals surface area contributed by atoms with Crippen LogP contribution < -0.4 is 10.6 Å². The highest BCUT2D eigenvalue weighted by Gasteiger charge is 2.32. The summed E-state index contributed by atoms with van der Waals surface area (Å²) >= 11 is 12.2. The fourth-order valence-electron chi connectivity index (χ4n) is 2.69. The predicted molar refractivity (Wildman–Crippen MR) is 94.3 cm³/mol. The largest absolute Gasteiger partial charge is 0.327 e. The summed E-state index contributed by atoms with van der Waals surface area (Å²) in [6, 6.07) is 12.8. The van der Waals surface area contributed by atoms with Crippen LogP contribution in [0.25, 0.3) is 0 Å². The molecule has 0 saturated carbocycles. The van der Waals surface area contributed by atoms with E-state index in [1.54, 1.807) is 49.4 Å². The fourth-order valence-corrected chi connectivity index (χ4v) is 3.06. The number of nitrogens with one attached hydrogen (secondary N) is 2. The maximum Gasteiger partial charge on any atom is 0.319 e. The molecule has 0 radical (unpaired) electrons. The van der Waals surface area contributed by atoms with Crippen molar-refractivity contribution in [3.63, 3.8) is 0 Å². The quantitative estimate of drug-likeness (QED) is 0.791. The number of hydrogen-bond acceptors (Lipinski definition) is 2. The van der Waals surface area contributed by atoms with E-state index in [2.05, 4.69) is 10.6 Å². The number of urea groups is 1. The molecule has 0 spiro atoms. The monoisotopic (exact) mass is 360 g/mol. The van der Waals surface area contributed by atoms with Crippen LogP contribution >= 0.6 is 23.2 Å². The second-order valence-corrected chi connectivity index (χ2v) is 6.27. The van der Waals surface area contributed by atoms with E-state index in [0.29, 0.717) is 32.4 Å². The zero-order chi connectivity index (χ0) is 17.3. The molecule has 1 heterocycles. The SMILES string of the molecule is CC1=C(C(=O)c2ccc(Cl)cc2)[C@H](c2ccccc2Cl)NC(=O)N1. The van der Waals surface area contributed by atoms with Crippen molar-refractivity contribution in [2.24, 2.45) is 0 Å². The molecule has 0 bridgehead atoms. The number of rotatable bonds is 3. The lowest BCUT2D eigenvalue weighted by Gasteiger charge is -2.29. The average Bonchev–Trinajstić information content (AvgIpc) is 2.55. The number of carbonyl (C=O) groups excluding carboxylic acids is 2. The van der Waals surface area contributed by atoms with Gasteiger partial charge in [-0.15, -0.1) is 0 Å². The summed E-state index contributed by atoms with van der Waals surface area (Å²) in [6.07, 6.45) is 0. The predicted octanol–water partition coefficient (Wildman–Crippen LogP) is 4.50. The molecule has 3 rings (SSSR count). The lowest BCUT2D eigenvalue weighted by atomic mass is 9.89. The van der Waals surface area contributed by atoms with E-state index in [1.807, 2.05) is 6.07 Å². The highest BCUT2D eigenvalue weighted by atomic mass is 35.5. The summed E-state index contributed by atoms with van der Waals surface area (Å²) in [5.74, 6) is -0.193. The second kappa shape index (κ2) is 6.67. The zero-order valence-corrected chi connectivity index (χ0v) is 14.3. The summed E-state index contributed by atoms with van der Waals surface area (Å²) in [6.45, 7) is 1.70. The van der Waals surface area contributed by atoms with Crippen LogP contribution in [0.5, 0.6) is 0 Å². The van der Waals surface area contributed by atoms with Gasteiger partial charge in [0.2, 0.25) is 0 Å². The van der Waals surface area contributed by atoms with Crippen molar-refractivity contribution in [2.45, 2.75) is 13.0 Å². The molecule has 2 N–H and O–H groups in total. The van der Waals surface area contributed by atoms with Crippen molar-refractivity contribution >= 4 is 35.0 Å². The fraction of sp³-hybridized carbons (Fsp3) is 0.111. The Labute approximate surface area is 149 Å². The number of Topliss-reactive ketones (excluding diaryl/α,β-unsaturated/α-hetero) is 1. The Morgan fingerprint density at radius 3 is 2.38 bits per heavy atom. The molecule has 2 amide bonds. The first-order chi connectivity index (χ1) is 11.5. The van der Waals surface area contributed by atoms with E-state index in [0.717, 1.165) is 0 Å². The highest BCUT2D eigenvalue weighted by molar-refractivity contribution is 6.31. The lowest BCUT2D eigenvalue weighted by Crippen LogP contribution is -2.45. The normalized spacial score (nSPS) is 17.3. The summed E-state index contributed by atoms with van der Waals surface area (Å²) < 4.78 is 0. The summed E-state index contributed by atoms with van der Waals surface area (Å²) in [5, 5.41) is 6.46. The molecule has 0 fully saturated rings. The molecule has 1 atom stereocenters. The summed E-state index contributed by atoms with van der Waals surface area (Å²) in [4.78, 5) is 24.9. The Balaban J connectivity index is 2.09. The van der Waals surface area contributed by atoms with Gasteiger partial charge in [-0.3, -0.25) is 4.79 Å². The number of ketones is 1. The maximum atomic E-state index is 13.0. The van der Waals surface area contributed by atoms with Crippen LogP contribution in [0.1, 0.15) is 28.9 Å². The van der Waals surface area contributed by atoms with Crippen LogP contribution in [0.4, 0.5) is 4.79 Å². The van der Waals surface area contributed by atoms with Gasteiger partial charge < -0.3 is 10.6 Å². The summed E-state index contributed by atoms with van der Waals surface area (Å²) in [5.41, 5.74) is 2.11. The van der Waals surface area contributed by atoms with Crippen LogP contribution in [0.15, 0.2) is 59.8 Å². The molecule has 0 saturated heterocycles. The number of halogens is 2. The van der Waals surface area contributed by atoms with Gasteiger partial charge >= 0.3 is 6.03 Å². The van der Waals surface area contributed by atoms with Crippen molar-refractivity contribution in [2.75, 3.05) is 0 Å². The van der Waals surface area contributed by atoms with Crippen molar-refractivity contribution in [3.8, 4) is 0 Å². The van der Waals surface area contributed by atoms with E-state index in [4.69, 9.17) is 23.2 Å². The van der Waals surface area contributed by atoms with Gasteiger partial charge in [-0.1, -0.05) is 41.4 Å². The average molecular weight is 361 g/mol. The van der Waals surface area contributed by atoms with Gasteiger partial charge in [-0.2, -0.15) is 0 Å². The minimum Gasteiger partial charge on any atom is -0.327 e. The second-order valence-electron chi connectivity index (χ2n) is 5.43. The first kappa shape index (κ1) is 16.6. The molecule has 0 aromatic heterocycles. The molecular weight excluding hydrogens is 347 g/mol. The standard InChI is InChI=1S/C18H14Cl2N2O2/c1-10-15(17(23)11-6-8-12(19)9-7-11)16(22-18(24)21-10)13-4-2-3-5-14(13)20/h2-9,16H,1H3,(H2,21,22,24)/t16-/m0/s1. The Hall–Kier alpha value is -2.30. The molecule has 1 aliphatic rings. The van der Waals surface area contributed by atoms with Gasteiger partial charge in [0, 0.05) is 26.9 Å². The third-order valence-corrected chi connectivity index (χ3v) is 4.43. The molecule has 24 heavy (non-hydrogen) atoms. The van der Waals surface area contributed by atoms with Gasteiger partial charge in [-0.05, 0) is 42.8 Å². The number of benzene rings is 2. The van der Waals surface area contributed by atoms with Crippen LogP contribution in [0.3, 0.4) is 0 Å². The smallest absolute Gasteiger partial charge is 0.319 e. The molecule has 0 aliphatic carbocycles.